The summed E-state index contributed by atoms with van der Waals surface area (Å²) in [6, 6.07) is 2.16. The van der Waals surface area contributed by atoms with Crippen LogP contribution in [0, 0.1) is 5.41 Å². The van der Waals surface area contributed by atoms with E-state index in [4.69, 9.17) is 11.6 Å². The summed E-state index contributed by atoms with van der Waals surface area (Å²) in [5, 5.41) is 5.58. The minimum atomic E-state index is 0.288. The van der Waals surface area contributed by atoms with Gasteiger partial charge in [-0.25, -0.2) is 0 Å². The van der Waals surface area contributed by atoms with Crippen LogP contribution >= 0.6 is 38.9 Å². The lowest BCUT2D eigenvalue weighted by molar-refractivity contribution is 0.330. The van der Waals surface area contributed by atoms with Gasteiger partial charge in [0.2, 0.25) is 0 Å². The Kier molecular flexibility index (Phi) is 5.61. The fraction of sp³-hybridized carbons (Fsp3) is 0.636. The van der Waals surface area contributed by atoms with Crippen molar-refractivity contribution < 1.29 is 0 Å². The Labute approximate surface area is 109 Å². The Balaban J connectivity index is 2.27. The van der Waals surface area contributed by atoms with Crippen molar-refractivity contribution in [3.8, 4) is 0 Å². The first-order chi connectivity index (χ1) is 7.03. The zero-order valence-corrected chi connectivity index (χ0v) is 12.3. The van der Waals surface area contributed by atoms with E-state index in [0.29, 0.717) is 0 Å². The van der Waals surface area contributed by atoms with Crippen LogP contribution in [0.4, 0.5) is 0 Å². The molecule has 0 aromatic carbocycles. The topological polar surface area (TPSA) is 12.0 Å². The molecule has 1 aromatic heterocycles. The highest BCUT2D eigenvalue weighted by atomic mass is 79.9. The van der Waals surface area contributed by atoms with E-state index >= 15 is 0 Å². The van der Waals surface area contributed by atoms with Crippen LogP contribution in [0.5, 0.6) is 0 Å². The van der Waals surface area contributed by atoms with Crippen molar-refractivity contribution >= 4 is 38.9 Å². The summed E-state index contributed by atoms with van der Waals surface area (Å²) in [5.41, 5.74) is 0.288. The van der Waals surface area contributed by atoms with E-state index in [1.165, 1.54) is 9.35 Å². The molecule has 0 aliphatic carbocycles. The summed E-state index contributed by atoms with van der Waals surface area (Å²) in [6.45, 7) is 6.44. The van der Waals surface area contributed by atoms with Crippen LogP contribution in [0.1, 0.15) is 25.1 Å². The van der Waals surface area contributed by atoms with Crippen LogP contribution in [-0.4, -0.2) is 12.4 Å². The minimum Gasteiger partial charge on any atom is -0.311 e. The molecule has 1 N–H and O–H groups in total. The summed E-state index contributed by atoms with van der Waals surface area (Å²) in [4.78, 5) is 1.36. The van der Waals surface area contributed by atoms with Crippen molar-refractivity contribution in [3.63, 3.8) is 0 Å². The fourth-order valence-corrected chi connectivity index (χ4v) is 3.25. The molecule has 1 aromatic rings. The highest BCUT2D eigenvalue weighted by Crippen LogP contribution is 2.21. The van der Waals surface area contributed by atoms with Gasteiger partial charge in [-0.15, -0.1) is 22.9 Å². The maximum Gasteiger partial charge on any atom is 0.0300 e. The predicted molar refractivity (Wildman–Crippen MR) is 72.8 cm³/mol. The summed E-state index contributed by atoms with van der Waals surface area (Å²) in [7, 11) is 0. The van der Waals surface area contributed by atoms with Gasteiger partial charge in [0, 0.05) is 33.7 Å². The van der Waals surface area contributed by atoms with Crippen LogP contribution in [0.15, 0.2) is 15.9 Å². The summed E-state index contributed by atoms with van der Waals surface area (Å²) in [6.07, 6.45) is 1.05. The predicted octanol–water partition coefficient (Wildman–Crippen LogP) is 4.26. The van der Waals surface area contributed by atoms with E-state index in [-0.39, 0.29) is 5.41 Å². The molecule has 0 bridgehead atoms. The van der Waals surface area contributed by atoms with Crippen LogP contribution in [-0.2, 0) is 6.54 Å². The minimum absolute atomic E-state index is 0.288. The van der Waals surface area contributed by atoms with E-state index in [1.807, 2.05) is 0 Å². The first-order valence-electron chi connectivity index (χ1n) is 5.03. The third-order valence-electron chi connectivity index (χ3n) is 2.30. The van der Waals surface area contributed by atoms with Gasteiger partial charge in [-0.2, -0.15) is 0 Å². The first-order valence-corrected chi connectivity index (χ1v) is 7.24. The van der Waals surface area contributed by atoms with E-state index < -0.39 is 0 Å². The Bertz CT molecular complexity index is 299. The lowest BCUT2D eigenvalue weighted by atomic mass is 9.90. The molecule has 0 saturated heterocycles. The number of hydrogen-bond acceptors (Lipinski definition) is 2. The van der Waals surface area contributed by atoms with Crippen molar-refractivity contribution in [2.45, 2.75) is 26.8 Å². The zero-order valence-electron chi connectivity index (χ0n) is 9.15. The molecule has 0 unspecified atom stereocenters. The molecule has 1 nitrogen and oxygen atoms in total. The van der Waals surface area contributed by atoms with Crippen LogP contribution in [0.2, 0.25) is 0 Å². The van der Waals surface area contributed by atoms with Gasteiger partial charge >= 0.3 is 0 Å². The van der Waals surface area contributed by atoms with E-state index in [0.717, 1.165) is 25.4 Å². The Morgan fingerprint density at radius 1 is 1.53 bits per heavy atom. The Morgan fingerprint density at radius 2 is 2.27 bits per heavy atom. The van der Waals surface area contributed by atoms with Crippen molar-refractivity contribution in [1.82, 2.24) is 5.32 Å². The molecule has 0 aliphatic heterocycles. The number of thiophene rings is 1. The lowest BCUT2D eigenvalue weighted by Gasteiger charge is -2.23. The van der Waals surface area contributed by atoms with Gasteiger partial charge in [0.25, 0.3) is 0 Å². The second-order valence-electron chi connectivity index (χ2n) is 4.44. The van der Waals surface area contributed by atoms with Crippen molar-refractivity contribution in [2.75, 3.05) is 12.4 Å². The summed E-state index contributed by atoms with van der Waals surface area (Å²) < 4.78 is 1.17. The second kappa shape index (κ2) is 6.24. The van der Waals surface area contributed by atoms with E-state index in [2.05, 4.69) is 46.5 Å². The molecule has 0 atom stereocenters. The summed E-state index contributed by atoms with van der Waals surface area (Å²) in [5.74, 6) is 0.735. The standard InChI is InChI=1S/C11H17BrClNS/c1-11(2,3-4-13)8-14-6-10-5-9(12)7-15-10/h5,7,14H,3-4,6,8H2,1-2H3. The lowest BCUT2D eigenvalue weighted by Crippen LogP contribution is -2.29. The molecule has 0 amide bonds. The number of alkyl halides is 1. The molecular weight excluding hydrogens is 294 g/mol. The molecule has 0 saturated carbocycles. The highest BCUT2D eigenvalue weighted by Gasteiger charge is 2.16. The molecule has 1 heterocycles. The van der Waals surface area contributed by atoms with Gasteiger partial charge in [0.15, 0.2) is 0 Å². The molecule has 0 fully saturated rings. The smallest absolute Gasteiger partial charge is 0.0300 e. The number of halogens is 2. The van der Waals surface area contributed by atoms with E-state index in [1.54, 1.807) is 11.3 Å². The quantitative estimate of drug-likeness (QED) is 0.774. The first kappa shape index (κ1) is 13.5. The van der Waals surface area contributed by atoms with Gasteiger partial charge in [-0.3, -0.25) is 0 Å². The van der Waals surface area contributed by atoms with E-state index in [9.17, 15) is 0 Å². The largest absolute Gasteiger partial charge is 0.311 e. The zero-order chi connectivity index (χ0) is 11.3. The third kappa shape index (κ3) is 5.34. The van der Waals surface area contributed by atoms with Crippen molar-refractivity contribution in [1.29, 1.82) is 0 Å². The maximum atomic E-state index is 5.75. The monoisotopic (exact) mass is 309 g/mol. The summed E-state index contributed by atoms with van der Waals surface area (Å²) >= 11 is 11.0. The Morgan fingerprint density at radius 3 is 2.80 bits per heavy atom. The van der Waals surface area contributed by atoms with Crippen molar-refractivity contribution in [3.05, 3.63) is 20.8 Å². The van der Waals surface area contributed by atoms with Gasteiger partial charge in [-0.05, 0) is 33.8 Å². The second-order valence-corrected chi connectivity index (χ2v) is 6.73. The Hall–Kier alpha value is 0.430. The van der Waals surface area contributed by atoms with Gasteiger partial charge in [0.1, 0.15) is 0 Å². The molecule has 0 spiro atoms. The maximum absolute atomic E-state index is 5.75. The van der Waals surface area contributed by atoms with Gasteiger partial charge in [0.05, 0.1) is 0 Å². The van der Waals surface area contributed by atoms with Crippen molar-refractivity contribution in [2.24, 2.45) is 5.41 Å². The van der Waals surface area contributed by atoms with Crippen LogP contribution < -0.4 is 5.32 Å². The number of nitrogens with one attached hydrogen (secondary N) is 1. The number of hydrogen-bond donors (Lipinski definition) is 1. The average molecular weight is 311 g/mol. The van der Waals surface area contributed by atoms with Gasteiger partial charge < -0.3 is 5.32 Å². The SMILES string of the molecule is CC(C)(CCCl)CNCc1cc(Br)cs1. The normalized spacial score (nSPS) is 12.0. The molecule has 0 radical (unpaired) electrons. The molecule has 86 valence electrons. The highest BCUT2D eigenvalue weighted by molar-refractivity contribution is 9.10. The fourth-order valence-electron chi connectivity index (χ4n) is 1.31. The van der Waals surface area contributed by atoms with Crippen LogP contribution in [0.25, 0.3) is 0 Å². The average Bonchev–Trinajstić information content (AvgIpc) is 2.51. The van der Waals surface area contributed by atoms with Crippen LogP contribution in [0.3, 0.4) is 0 Å². The molecule has 4 heteroatoms. The molecule has 15 heavy (non-hydrogen) atoms. The third-order valence-corrected chi connectivity index (χ3v) is 4.18. The van der Waals surface area contributed by atoms with Gasteiger partial charge in [-0.1, -0.05) is 13.8 Å². The molecule has 0 aliphatic rings. The number of rotatable bonds is 6. The molecule has 1 rings (SSSR count). The molecular formula is C11H17BrClNS.